The molecule has 2 heteroatoms. The summed E-state index contributed by atoms with van der Waals surface area (Å²) in [6, 6.07) is 87.5. The van der Waals surface area contributed by atoms with E-state index >= 15 is 0 Å². The fraction of sp³-hybridized carbons (Fsp3) is 0.279. The van der Waals surface area contributed by atoms with E-state index < -0.39 is 0 Å². The molecule has 8 aliphatic carbocycles. The highest BCUT2D eigenvalue weighted by Crippen LogP contribution is 2.62. The van der Waals surface area contributed by atoms with Crippen molar-refractivity contribution in [3.63, 3.8) is 0 Å². The van der Waals surface area contributed by atoms with Crippen LogP contribution in [0.1, 0.15) is 173 Å². The van der Waals surface area contributed by atoms with Crippen molar-refractivity contribution >= 4 is 55.7 Å². The van der Waals surface area contributed by atoms with Crippen LogP contribution in [0.25, 0.3) is 66.1 Å². The summed E-state index contributed by atoms with van der Waals surface area (Å²) in [6.07, 6.45) is 25.1. The minimum Gasteiger partial charge on any atom is -0.310 e. The molecule has 0 atom stereocenters. The maximum atomic E-state index is 2.65. The van der Waals surface area contributed by atoms with Crippen LogP contribution >= 0.6 is 0 Å². The van der Waals surface area contributed by atoms with Crippen molar-refractivity contribution in [2.45, 2.75) is 150 Å². The smallest absolute Gasteiger partial charge is 0.0468 e. The molecule has 430 valence electrons. The van der Waals surface area contributed by atoms with Crippen molar-refractivity contribution in [1.82, 2.24) is 0 Å². The van der Waals surface area contributed by atoms with Crippen molar-refractivity contribution in [2.75, 3.05) is 9.80 Å². The van der Waals surface area contributed by atoms with Crippen LogP contribution < -0.4 is 9.80 Å². The van der Waals surface area contributed by atoms with Gasteiger partial charge in [-0.15, -0.1) is 0 Å². The first kappa shape index (κ1) is 51.6. The molecular formula is C86H76N2. The summed E-state index contributed by atoms with van der Waals surface area (Å²) in [5, 5.41) is 5.10. The number of rotatable bonds is 6. The van der Waals surface area contributed by atoms with Gasteiger partial charge in [0, 0.05) is 55.8 Å². The van der Waals surface area contributed by atoms with E-state index in [1.807, 2.05) is 0 Å². The molecule has 0 bridgehead atoms. The highest BCUT2D eigenvalue weighted by atomic mass is 15.1. The van der Waals surface area contributed by atoms with Crippen LogP contribution in [0.3, 0.4) is 0 Å². The third kappa shape index (κ3) is 7.24. The predicted octanol–water partition coefficient (Wildman–Crippen LogP) is 23.9. The highest BCUT2D eigenvalue weighted by Gasteiger charge is 2.48. The van der Waals surface area contributed by atoms with Gasteiger partial charge in [-0.05, 0) is 235 Å². The summed E-state index contributed by atoms with van der Waals surface area (Å²) in [5.74, 6) is 0. The Bertz CT molecular complexity index is 4150. The quantitative estimate of drug-likeness (QED) is 0.153. The van der Waals surface area contributed by atoms with Gasteiger partial charge in [-0.3, -0.25) is 0 Å². The van der Waals surface area contributed by atoms with E-state index in [-0.39, 0.29) is 21.7 Å². The first-order valence-electron chi connectivity index (χ1n) is 34.1. The van der Waals surface area contributed by atoms with Crippen LogP contribution in [-0.2, 0) is 21.7 Å². The number of nitrogens with zero attached hydrogens (tertiary/aromatic N) is 2. The molecule has 0 heterocycles. The van der Waals surface area contributed by atoms with Gasteiger partial charge in [0.15, 0.2) is 0 Å². The maximum absolute atomic E-state index is 2.65. The lowest BCUT2D eigenvalue weighted by Crippen LogP contribution is -2.28. The van der Waals surface area contributed by atoms with E-state index in [1.165, 1.54) is 251 Å². The molecule has 11 aromatic carbocycles. The summed E-state index contributed by atoms with van der Waals surface area (Å²) in [6.45, 7) is 0. The fourth-order valence-corrected chi connectivity index (χ4v) is 20.3. The zero-order valence-electron chi connectivity index (χ0n) is 50.8. The van der Waals surface area contributed by atoms with Gasteiger partial charge < -0.3 is 9.80 Å². The Balaban J connectivity index is 0.812. The van der Waals surface area contributed by atoms with Crippen LogP contribution in [0, 0.1) is 0 Å². The van der Waals surface area contributed by atoms with Crippen LogP contribution in [-0.4, -0.2) is 0 Å². The summed E-state index contributed by atoms with van der Waals surface area (Å²) in [4.78, 5) is 5.31. The van der Waals surface area contributed by atoms with E-state index in [0.717, 1.165) is 0 Å². The number of fused-ring (bicyclic) bond motifs is 23. The molecule has 4 spiro atoms. The molecule has 19 rings (SSSR count). The lowest BCUT2D eigenvalue weighted by Gasteiger charge is -2.37. The molecule has 8 aliphatic rings. The third-order valence-electron chi connectivity index (χ3n) is 24.2. The van der Waals surface area contributed by atoms with Gasteiger partial charge in [0.25, 0.3) is 0 Å². The Kier molecular flexibility index (Phi) is 11.4. The number of hydrogen-bond acceptors (Lipinski definition) is 2. The van der Waals surface area contributed by atoms with Crippen molar-refractivity contribution < 1.29 is 0 Å². The molecule has 0 radical (unpaired) electrons. The van der Waals surface area contributed by atoms with E-state index in [1.54, 1.807) is 22.3 Å². The molecule has 4 saturated carbocycles. The summed E-state index contributed by atoms with van der Waals surface area (Å²) >= 11 is 0. The second kappa shape index (κ2) is 19.5. The Labute approximate surface area is 519 Å². The summed E-state index contributed by atoms with van der Waals surface area (Å²) < 4.78 is 0. The molecule has 0 unspecified atom stereocenters. The van der Waals surface area contributed by atoms with Gasteiger partial charge in [0.05, 0.1) is 0 Å². The average Bonchev–Trinajstić information content (AvgIpc) is 1.65. The van der Waals surface area contributed by atoms with Crippen LogP contribution in [0.2, 0.25) is 0 Å². The number of benzene rings is 11. The number of anilines is 6. The third-order valence-corrected chi connectivity index (χ3v) is 24.2. The summed E-state index contributed by atoms with van der Waals surface area (Å²) in [5.41, 5.74) is 31.3. The maximum Gasteiger partial charge on any atom is 0.0468 e. The van der Waals surface area contributed by atoms with Gasteiger partial charge in [0.2, 0.25) is 0 Å². The standard InChI is InChI=1S/C86H76N2/c1-13-43-83(44-14-1)75-25-9-5-21-65(75)69-39-35-61(53-79(69)83)87(62-36-40-70-66-22-6-10-26-76(66)84(80(70)54-62)45-15-2-16-46-84)59-33-31-57-29-30-58-32-34-60(52-74(58)73(57)51-59)88(63-37-41-71-67-23-7-11-27-77(67)85(81(71)55-63)47-17-3-18-48-85)64-38-42-72-68-24-8-12-28-78(68)86(82(72)56-64)49-19-4-20-50-86/h5-12,21-42,51-56H,1-4,13-20,43-50H2. The minimum atomic E-state index is 0.0407. The van der Waals surface area contributed by atoms with Gasteiger partial charge in [-0.1, -0.05) is 223 Å². The van der Waals surface area contributed by atoms with E-state index in [9.17, 15) is 0 Å². The van der Waals surface area contributed by atoms with Crippen LogP contribution in [0.5, 0.6) is 0 Å². The van der Waals surface area contributed by atoms with Crippen LogP contribution in [0.15, 0.2) is 218 Å². The Hall–Kier alpha value is -8.46. The van der Waals surface area contributed by atoms with Crippen molar-refractivity contribution in [2.24, 2.45) is 0 Å². The first-order valence-corrected chi connectivity index (χ1v) is 34.1. The molecule has 2 nitrogen and oxygen atoms in total. The second-order valence-corrected chi connectivity index (χ2v) is 28.2. The summed E-state index contributed by atoms with van der Waals surface area (Å²) in [7, 11) is 0. The zero-order chi connectivity index (χ0) is 57.8. The molecule has 0 amide bonds. The normalized spacial score (nSPS) is 18.8. The lowest BCUT2D eigenvalue weighted by molar-refractivity contribution is 0.353. The Morgan fingerprint density at radius 2 is 0.409 bits per heavy atom. The van der Waals surface area contributed by atoms with E-state index in [4.69, 9.17) is 0 Å². The minimum absolute atomic E-state index is 0.0407. The largest absolute Gasteiger partial charge is 0.310 e. The highest BCUT2D eigenvalue weighted by molar-refractivity contribution is 6.11. The van der Waals surface area contributed by atoms with Crippen molar-refractivity contribution in [1.29, 1.82) is 0 Å². The van der Waals surface area contributed by atoms with E-state index in [0.29, 0.717) is 0 Å². The molecule has 0 N–H and O–H groups in total. The first-order chi connectivity index (χ1) is 43.5. The van der Waals surface area contributed by atoms with Gasteiger partial charge >= 0.3 is 0 Å². The Morgan fingerprint density at radius 1 is 0.193 bits per heavy atom. The van der Waals surface area contributed by atoms with Gasteiger partial charge in [-0.25, -0.2) is 0 Å². The average molecular weight is 1140 g/mol. The van der Waals surface area contributed by atoms with Crippen LogP contribution in [0.4, 0.5) is 34.1 Å². The molecule has 0 aromatic heterocycles. The zero-order valence-corrected chi connectivity index (χ0v) is 50.8. The molecule has 0 saturated heterocycles. The predicted molar refractivity (Wildman–Crippen MR) is 368 cm³/mol. The lowest BCUT2D eigenvalue weighted by atomic mass is 9.67. The second-order valence-electron chi connectivity index (χ2n) is 28.2. The van der Waals surface area contributed by atoms with Gasteiger partial charge in [-0.2, -0.15) is 0 Å². The van der Waals surface area contributed by atoms with Crippen molar-refractivity contribution in [3.05, 3.63) is 263 Å². The van der Waals surface area contributed by atoms with Gasteiger partial charge in [0.1, 0.15) is 0 Å². The molecule has 88 heavy (non-hydrogen) atoms. The Morgan fingerprint density at radius 3 is 0.682 bits per heavy atom. The topological polar surface area (TPSA) is 6.48 Å². The molecular weight excluding hydrogens is 1060 g/mol. The fourth-order valence-electron chi connectivity index (χ4n) is 20.3. The number of hydrogen-bond donors (Lipinski definition) is 0. The molecule has 11 aromatic rings. The van der Waals surface area contributed by atoms with Crippen molar-refractivity contribution in [3.8, 4) is 44.5 Å². The van der Waals surface area contributed by atoms with E-state index in [2.05, 4.69) is 228 Å². The monoisotopic (exact) mass is 1140 g/mol. The SMILES string of the molecule is c1ccc2c(c1)-c1ccc(N(c3ccc4c(c3)C3(CCCCC3)c3ccccc3-4)c3ccc4ccc5ccc(N(c6ccc7c(c6)C6(CCCCC6)c6ccccc6-7)c6ccc7c(c6)C6(CCCCC6)c6ccccc6-7)cc5c4c3)cc1C21CCCCC1. The molecule has 4 fully saturated rings. The molecule has 0 aliphatic heterocycles.